The van der Waals surface area contributed by atoms with Gasteiger partial charge in [-0.25, -0.2) is 0 Å². The van der Waals surface area contributed by atoms with E-state index in [0.29, 0.717) is 0 Å². The smallest absolute Gasteiger partial charge is 0.234 e. The first kappa shape index (κ1) is 6.99. The van der Waals surface area contributed by atoms with E-state index in [-0.39, 0.29) is 0 Å². The van der Waals surface area contributed by atoms with E-state index in [4.69, 9.17) is 4.74 Å². The van der Waals surface area contributed by atoms with Crippen molar-refractivity contribution in [3.05, 3.63) is 6.35 Å². The van der Waals surface area contributed by atoms with Crippen molar-refractivity contribution in [2.75, 3.05) is 19.7 Å². The van der Waals surface area contributed by atoms with Gasteiger partial charge in [-0.05, 0) is 6.42 Å². The van der Waals surface area contributed by atoms with Gasteiger partial charge >= 0.3 is 0 Å². The Kier molecular flexibility index (Phi) is 2.97. The Morgan fingerprint density at radius 3 is 2.67 bits per heavy atom. The molecule has 0 bridgehead atoms. The second-order valence-corrected chi connectivity index (χ2v) is 2.03. The van der Waals surface area contributed by atoms with Crippen molar-refractivity contribution in [3.63, 3.8) is 0 Å². The molecule has 1 aliphatic heterocycles. The number of nitrogens with one attached hydrogen (secondary N) is 2. The highest BCUT2D eigenvalue weighted by Crippen LogP contribution is 1.96. The first-order valence-electron chi connectivity index (χ1n) is 3.41. The van der Waals surface area contributed by atoms with Gasteiger partial charge in [0, 0.05) is 13.1 Å². The van der Waals surface area contributed by atoms with Gasteiger partial charge in [0.05, 0.1) is 6.61 Å². The standard InChI is InChI=1S/C6H13N2O/c1-2-5-9-6-7-3-4-8-6/h7-8H,2-5H2,1H3. The van der Waals surface area contributed by atoms with E-state index in [1.165, 1.54) is 0 Å². The monoisotopic (exact) mass is 129 g/mol. The van der Waals surface area contributed by atoms with Gasteiger partial charge in [-0.1, -0.05) is 6.92 Å². The van der Waals surface area contributed by atoms with Crippen molar-refractivity contribution in [1.29, 1.82) is 0 Å². The summed E-state index contributed by atoms with van der Waals surface area (Å²) in [6, 6.07) is 0. The van der Waals surface area contributed by atoms with E-state index >= 15 is 0 Å². The second kappa shape index (κ2) is 3.82. The molecule has 0 unspecified atom stereocenters. The summed E-state index contributed by atoms with van der Waals surface area (Å²) in [5.74, 6) is 0. The van der Waals surface area contributed by atoms with Crippen molar-refractivity contribution in [3.8, 4) is 0 Å². The highest BCUT2D eigenvalue weighted by molar-refractivity contribution is 4.79. The summed E-state index contributed by atoms with van der Waals surface area (Å²) in [5.41, 5.74) is 0. The zero-order valence-electron chi connectivity index (χ0n) is 5.74. The molecule has 0 saturated carbocycles. The minimum absolute atomic E-state index is 0.801. The lowest BCUT2D eigenvalue weighted by atomic mass is 10.5. The summed E-state index contributed by atoms with van der Waals surface area (Å²) in [5, 5.41) is 6.15. The van der Waals surface area contributed by atoms with Gasteiger partial charge < -0.3 is 4.74 Å². The molecule has 1 rings (SSSR count). The maximum atomic E-state index is 5.25. The summed E-state index contributed by atoms with van der Waals surface area (Å²) in [4.78, 5) is 0. The third-order valence-electron chi connectivity index (χ3n) is 1.15. The second-order valence-electron chi connectivity index (χ2n) is 2.03. The fourth-order valence-corrected chi connectivity index (χ4v) is 0.721. The quantitative estimate of drug-likeness (QED) is 0.565. The molecule has 0 aromatic carbocycles. The van der Waals surface area contributed by atoms with Gasteiger partial charge in [0.25, 0.3) is 0 Å². The van der Waals surface area contributed by atoms with Crippen molar-refractivity contribution in [2.45, 2.75) is 13.3 Å². The summed E-state index contributed by atoms with van der Waals surface area (Å²) in [7, 11) is 0. The Hall–Kier alpha value is -0.120. The molecule has 1 saturated heterocycles. The summed E-state index contributed by atoms with van der Waals surface area (Å²) in [6.45, 7) is 4.86. The molecule has 0 spiro atoms. The molecular weight excluding hydrogens is 116 g/mol. The fourth-order valence-electron chi connectivity index (χ4n) is 0.721. The SMILES string of the molecule is CCCO[C]1NCCN1. The molecule has 3 nitrogen and oxygen atoms in total. The minimum Gasteiger partial charge on any atom is -0.343 e. The Morgan fingerprint density at radius 2 is 2.11 bits per heavy atom. The van der Waals surface area contributed by atoms with Gasteiger partial charge in [-0.2, -0.15) is 0 Å². The number of ether oxygens (including phenoxy) is 1. The average molecular weight is 129 g/mol. The van der Waals surface area contributed by atoms with Crippen LogP contribution >= 0.6 is 0 Å². The Bertz CT molecular complexity index is 71.5. The predicted octanol–water partition coefficient (Wildman–Crippen LogP) is 0.0528. The predicted molar refractivity (Wildman–Crippen MR) is 35.5 cm³/mol. The van der Waals surface area contributed by atoms with Gasteiger partial charge in [0.15, 0.2) is 0 Å². The number of rotatable bonds is 3. The maximum Gasteiger partial charge on any atom is 0.234 e. The lowest BCUT2D eigenvalue weighted by molar-refractivity contribution is 0.117. The van der Waals surface area contributed by atoms with E-state index < -0.39 is 0 Å². The first-order valence-corrected chi connectivity index (χ1v) is 3.41. The van der Waals surface area contributed by atoms with E-state index in [9.17, 15) is 0 Å². The first-order chi connectivity index (χ1) is 4.43. The molecule has 0 aromatic heterocycles. The van der Waals surface area contributed by atoms with Crippen LogP contribution in [0.2, 0.25) is 0 Å². The van der Waals surface area contributed by atoms with Crippen LogP contribution in [0.3, 0.4) is 0 Å². The Balaban J connectivity index is 1.98. The molecule has 9 heavy (non-hydrogen) atoms. The molecule has 1 aliphatic rings. The van der Waals surface area contributed by atoms with E-state index in [1.807, 2.05) is 0 Å². The summed E-state index contributed by atoms with van der Waals surface area (Å²) >= 11 is 0. The topological polar surface area (TPSA) is 33.3 Å². The molecule has 1 radical (unpaired) electrons. The van der Waals surface area contributed by atoms with Crippen LogP contribution in [0.4, 0.5) is 0 Å². The zero-order chi connectivity index (χ0) is 6.53. The normalized spacial score (nSPS) is 21.0. The van der Waals surface area contributed by atoms with E-state index in [2.05, 4.69) is 17.6 Å². The summed E-state index contributed by atoms with van der Waals surface area (Å²) in [6.07, 6.45) is 1.91. The lowest BCUT2D eigenvalue weighted by Gasteiger charge is -2.07. The van der Waals surface area contributed by atoms with Gasteiger partial charge in [0.1, 0.15) is 0 Å². The molecule has 1 heterocycles. The number of hydrogen-bond acceptors (Lipinski definition) is 3. The maximum absolute atomic E-state index is 5.25. The number of hydrogen-bond donors (Lipinski definition) is 2. The third-order valence-corrected chi connectivity index (χ3v) is 1.15. The average Bonchev–Trinajstić information content (AvgIpc) is 2.34. The van der Waals surface area contributed by atoms with Crippen molar-refractivity contribution in [1.82, 2.24) is 10.6 Å². The van der Waals surface area contributed by atoms with Crippen LogP contribution in [0.5, 0.6) is 0 Å². The van der Waals surface area contributed by atoms with Crippen LogP contribution < -0.4 is 10.6 Å². The molecular formula is C6H13N2O. The van der Waals surface area contributed by atoms with Crippen LogP contribution in [0.25, 0.3) is 0 Å². The summed E-state index contributed by atoms with van der Waals surface area (Å²) < 4.78 is 5.25. The van der Waals surface area contributed by atoms with Crippen LogP contribution in [0.15, 0.2) is 0 Å². The van der Waals surface area contributed by atoms with Crippen molar-refractivity contribution < 1.29 is 4.74 Å². The van der Waals surface area contributed by atoms with E-state index in [0.717, 1.165) is 32.5 Å². The highest BCUT2D eigenvalue weighted by Gasteiger charge is 2.13. The van der Waals surface area contributed by atoms with Crippen molar-refractivity contribution >= 4 is 0 Å². The van der Waals surface area contributed by atoms with Gasteiger partial charge in [0.2, 0.25) is 6.35 Å². The van der Waals surface area contributed by atoms with Gasteiger partial charge in [-0.15, -0.1) is 0 Å². The lowest BCUT2D eigenvalue weighted by Crippen LogP contribution is -2.24. The molecule has 53 valence electrons. The van der Waals surface area contributed by atoms with Crippen LogP contribution in [0, 0.1) is 6.35 Å². The molecule has 0 atom stereocenters. The molecule has 2 N–H and O–H groups in total. The molecule has 0 aromatic rings. The molecule has 0 amide bonds. The van der Waals surface area contributed by atoms with Crippen molar-refractivity contribution in [2.24, 2.45) is 0 Å². The largest absolute Gasteiger partial charge is 0.343 e. The Labute approximate surface area is 55.8 Å². The van der Waals surface area contributed by atoms with Crippen LogP contribution in [-0.4, -0.2) is 19.7 Å². The van der Waals surface area contributed by atoms with Crippen LogP contribution in [0.1, 0.15) is 13.3 Å². The molecule has 1 fully saturated rings. The fraction of sp³-hybridized carbons (Fsp3) is 0.833. The van der Waals surface area contributed by atoms with Gasteiger partial charge in [-0.3, -0.25) is 10.6 Å². The van der Waals surface area contributed by atoms with Crippen LogP contribution in [-0.2, 0) is 4.74 Å². The minimum atomic E-state index is 0.801. The third kappa shape index (κ3) is 2.30. The van der Waals surface area contributed by atoms with E-state index in [1.54, 1.807) is 0 Å². The molecule has 0 aliphatic carbocycles. The Morgan fingerprint density at radius 1 is 1.44 bits per heavy atom. The molecule has 3 heteroatoms. The highest BCUT2D eigenvalue weighted by atomic mass is 16.5. The zero-order valence-corrected chi connectivity index (χ0v) is 5.74.